The highest BCUT2D eigenvalue weighted by Gasteiger charge is 2.21. The van der Waals surface area contributed by atoms with Crippen LogP contribution < -0.4 is 5.56 Å². The summed E-state index contributed by atoms with van der Waals surface area (Å²) in [6.45, 7) is 2.01. The van der Waals surface area contributed by atoms with Crippen molar-refractivity contribution in [1.82, 2.24) is 24.4 Å². The number of nitrogens with zero attached hydrogens (tertiary/aromatic N) is 5. The molecule has 0 atom stereocenters. The molecule has 0 bridgehead atoms. The lowest BCUT2D eigenvalue weighted by atomic mass is 9.95. The maximum absolute atomic E-state index is 13.4. The normalized spacial score (nSPS) is 15.4. The highest BCUT2D eigenvalue weighted by atomic mass is 19.1. The average molecular weight is 391 g/mol. The minimum atomic E-state index is -0.289. The van der Waals surface area contributed by atoms with Gasteiger partial charge in [0.1, 0.15) is 11.3 Å². The monoisotopic (exact) mass is 391 g/mol. The summed E-state index contributed by atoms with van der Waals surface area (Å²) in [6, 6.07) is 8.44. The van der Waals surface area contributed by atoms with Crippen LogP contribution in [0, 0.1) is 5.82 Å². The molecule has 5 rings (SSSR count). The van der Waals surface area contributed by atoms with Crippen molar-refractivity contribution in [3.63, 3.8) is 0 Å². The molecule has 6 nitrogen and oxygen atoms in total. The van der Waals surface area contributed by atoms with E-state index in [1.54, 1.807) is 16.6 Å². The summed E-state index contributed by atoms with van der Waals surface area (Å²) in [5.41, 5.74) is 3.96. The fourth-order valence-corrected chi connectivity index (χ4v) is 4.41. The predicted molar refractivity (Wildman–Crippen MR) is 109 cm³/mol. The van der Waals surface area contributed by atoms with Crippen LogP contribution in [-0.4, -0.2) is 24.4 Å². The van der Waals surface area contributed by atoms with E-state index in [9.17, 15) is 9.18 Å². The number of aryl methyl sites for hydroxylation is 1. The maximum atomic E-state index is 13.4. The van der Waals surface area contributed by atoms with Crippen molar-refractivity contribution in [3.05, 3.63) is 58.4 Å². The lowest BCUT2D eigenvalue weighted by Gasteiger charge is -2.23. The van der Waals surface area contributed by atoms with E-state index < -0.39 is 0 Å². The van der Waals surface area contributed by atoms with Crippen LogP contribution in [-0.2, 0) is 6.42 Å². The first-order chi connectivity index (χ1) is 14.2. The zero-order valence-corrected chi connectivity index (χ0v) is 16.3. The third-order valence-electron chi connectivity index (χ3n) is 5.92. The fraction of sp³-hybridized carbons (Fsp3) is 0.364. The number of hydrogen-bond acceptors (Lipinski definition) is 4. The molecule has 0 unspecified atom stereocenters. The van der Waals surface area contributed by atoms with Crippen molar-refractivity contribution in [2.24, 2.45) is 0 Å². The van der Waals surface area contributed by atoms with Gasteiger partial charge in [0.2, 0.25) is 0 Å². The molecule has 0 amide bonds. The van der Waals surface area contributed by atoms with E-state index in [1.165, 1.54) is 18.6 Å². The topological polar surface area (TPSA) is 65.1 Å². The molecule has 148 valence electrons. The van der Waals surface area contributed by atoms with Gasteiger partial charge in [0.05, 0.1) is 11.3 Å². The van der Waals surface area contributed by atoms with Gasteiger partial charge >= 0.3 is 0 Å². The highest BCUT2D eigenvalue weighted by Crippen LogP contribution is 2.30. The Kier molecular flexibility index (Phi) is 4.38. The molecule has 0 saturated heterocycles. The molecule has 0 aliphatic heterocycles. The lowest BCUT2D eigenvalue weighted by Crippen LogP contribution is -2.27. The van der Waals surface area contributed by atoms with Crippen LogP contribution in [0.4, 0.5) is 4.39 Å². The molecule has 1 aliphatic carbocycles. The molecular weight excluding hydrogens is 369 g/mol. The standard InChI is InChI=1S/C22H22FN5O/c1-2-17-19(14-8-10-15(23)11-9-14)21-25-24-20-18(28(21)26-17)12-13-27(22(20)29)16-6-4-3-5-7-16/h8-13,16H,2-7H2,1H3. The van der Waals surface area contributed by atoms with E-state index in [0.717, 1.165) is 42.5 Å². The summed E-state index contributed by atoms with van der Waals surface area (Å²) in [4.78, 5) is 13.1. The van der Waals surface area contributed by atoms with Crippen LogP contribution >= 0.6 is 0 Å². The minimum Gasteiger partial charge on any atom is -0.310 e. The van der Waals surface area contributed by atoms with E-state index >= 15 is 0 Å². The molecule has 29 heavy (non-hydrogen) atoms. The Morgan fingerprint density at radius 3 is 2.55 bits per heavy atom. The number of rotatable bonds is 3. The molecule has 1 aliphatic rings. The van der Waals surface area contributed by atoms with Crippen molar-refractivity contribution < 1.29 is 4.39 Å². The van der Waals surface area contributed by atoms with Crippen LogP contribution in [0.5, 0.6) is 0 Å². The van der Waals surface area contributed by atoms with Crippen molar-refractivity contribution in [1.29, 1.82) is 0 Å². The number of pyridine rings is 1. The number of benzene rings is 1. The number of hydrogen-bond donors (Lipinski definition) is 0. The van der Waals surface area contributed by atoms with Gasteiger partial charge in [0, 0.05) is 12.2 Å². The highest BCUT2D eigenvalue weighted by molar-refractivity contribution is 5.84. The second kappa shape index (κ2) is 7.06. The molecule has 3 aromatic heterocycles. The quantitative estimate of drug-likeness (QED) is 0.522. The van der Waals surface area contributed by atoms with Crippen LogP contribution in [0.15, 0.2) is 41.3 Å². The lowest BCUT2D eigenvalue weighted by molar-refractivity contribution is 0.347. The molecule has 1 saturated carbocycles. The minimum absolute atomic E-state index is 0.110. The summed E-state index contributed by atoms with van der Waals surface area (Å²) < 4.78 is 16.9. The molecule has 3 heterocycles. The number of fused-ring (bicyclic) bond motifs is 3. The van der Waals surface area contributed by atoms with E-state index in [2.05, 4.69) is 10.2 Å². The maximum Gasteiger partial charge on any atom is 0.280 e. The van der Waals surface area contributed by atoms with Crippen molar-refractivity contribution in [2.75, 3.05) is 0 Å². The first-order valence-electron chi connectivity index (χ1n) is 10.2. The molecule has 1 aromatic carbocycles. The van der Waals surface area contributed by atoms with Crippen molar-refractivity contribution in [3.8, 4) is 11.1 Å². The third kappa shape index (κ3) is 2.92. The van der Waals surface area contributed by atoms with Gasteiger partial charge in [-0.15, -0.1) is 10.2 Å². The van der Waals surface area contributed by atoms with Crippen LogP contribution in [0.3, 0.4) is 0 Å². The Balaban J connectivity index is 1.72. The van der Waals surface area contributed by atoms with E-state index in [4.69, 9.17) is 5.10 Å². The smallest absolute Gasteiger partial charge is 0.280 e. The summed E-state index contributed by atoms with van der Waals surface area (Å²) in [5, 5.41) is 13.4. The first-order valence-corrected chi connectivity index (χ1v) is 10.2. The second-order valence-corrected chi connectivity index (χ2v) is 7.67. The Bertz CT molecular complexity index is 1250. The molecule has 0 radical (unpaired) electrons. The van der Waals surface area contributed by atoms with E-state index in [1.807, 2.05) is 23.8 Å². The van der Waals surface area contributed by atoms with Gasteiger partial charge in [0.25, 0.3) is 5.56 Å². The van der Waals surface area contributed by atoms with Gasteiger partial charge in [-0.2, -0.15) is 5.10 Å². The second-order valence-electron chi connectivity index (χ2n) is 7.67. The van der Waals surface area contributed by atoms with Crippen LogP contribution in [0.2, 0.25) is 0 Å². The largest absolute Gasteiger partial charge is 0.310 e. The summed E-state index contributed by atoms with van der Waals surface area (Å²) >= 11 is 0. The molecular formula is C22H22FN5O. The molecule has 4 aromatic rings. The van der Waals surface area contributed by atoms with E-state index in [-0.39, 0.29) is 17.4 Å². The summed E-state index contributed by atoms with van der Waals surface area (Å²) in [6.07, 6.45) is 8.15. The van der Waals surface area contributed by atoms with Crippen molar-refractivity contribution >= 4 is 16.7 Å². The van der Waals surface area contributed by atoms with Gasteiger partial charge in [-0.1, -0.05) is 38.3 Å². The van der Waals surface area contributed by atoms with Crippen LogP contribution in [0.1, 0.15) is 50.8 Å². The first kappa shape index (κ1) is 18.0. The Labute approximate surface area is 167 Å². The number of aromatic nitrogens is 5. The zero-order valence-electron chi connectivity index (χ0n) is 16.3. The van der Waals surface area contributed by atoms with Gasteiger partial charge in [-0.05, 0) is 43.0 Å². The Morgan fingerprint density at radius 2 is 1.83 bits per heavy atom. The summed E-state index contributed by atoms with van der Waals surface area (Å²) in [7, 11) is 0. The fourth-order valence-electron chi connectivity index (χ4n) is 4.41. The van der Waals surface area contributed by atoms with Gasteiger partial charge in [-0.25, -0.2) is 8.91 Å². The van der Waals surface area contributed by atoms with Gasteiger partial charge in [0.15, 0.2) is 11.2 Å². The van der Waals surface area contributed by atoms with Gasteiger partial charge in [-0.3, -0.25) is 4.79 Å². The molecule has 7 heteroatoms. The summed E-state index contributed by atoms with van der Waals surface area (Å²) in [5.74, 6) is -0.289. The number of halogens is 1. The predicted octanol–water partition coefficient (Wildman–Crippen LogP) is 4.31. The molecule has 1 fully saturated rings. The van der Waals surface area contributed by atoms with Gasteiger partial charge < -0.3 is 4.57 Å². The van der Waals surface area contributed by atoms with Crippen LogP contribution in [0.25, 0.3) is 27.8 Å². The van der Waals surface area contributed by atoms with Crippen molar-refractivity contribution in [2.45, 2.75) is 51.5 Å². The molecule has 0 N–H and O–H groups in total. The third-order valence-corrected chi connectivity index (χ3v) is 5.92. The van der Waals surface area contributed by atoms with E-state index in [0.29, 0.717) is 23.1 Å². The Morgan fingerprint density at radius 1 is 1.07 bits per heavy atom. The average Bonchev–Trinajstić information content (AvgIpc) is 3.14. The zero-order chi connectivity index (χ0) is 20.0. The molecule has 0 spiro atoms. The SMILES string of the molecule is CCc1nn2c(nnc3c(=O)n(C4CCCCC4)ccc32)c1-c1ccc(F)cc1. The Hall–Kier alpha value is -3.09.